The summed E-state index contributed by atoms with van der Waals surface area (Å²) in [5.41, 5.74) is 3.81. The minimum absolute atomic E-state index is 0.392. The van der Waals surface area contributed by atoms with E-state index in [1.807, 2.05) is 26.0 Å². The highest BCUT2D eigenvalue weighted by molar-refractivity contribution is 5.64. The Labute approximate surface area is 94.5 Å². The molecule has 0 aliphatic rings. The van der Waals surface area contributed by atoms with Crippen LogP contribution in [0, 0.1) is 25.2 Å². The van der Waals surface area contributed by atoms with Gasteiger partial charge in [-0.2, -0.15) is 5.26 Å². The van der Waals surface area contributed by atoms with E-state index in [-0.39, 0.29) is 0 Å². The highest BCUT2D eigenvalue weighted by Crippen LogP contribution is 2.16. The first-order valence-electron chi connectivity index (χ1n) is 5.01. The van der Waals surface area contributed by atoms with Crippen LogP contribution in [-0.4, -0.2) is 17.7 Å². The average Bonchev–Trinajstić information content (AvgIpc) is 2.21. The molecule has 0 saturated heterocycles. The molecule has 0 unspecified atom stereocenters. The first-order chi connectivity index (χ1) is 7.54. The predicted octanol–water partition coefficient (Wildman–Crippen LogP) is 1.99. The molecule has 0 fully saturated rings. The van der Waals surface area contributed by atoms with Crippen LogP contribution in [0.15, 0.2) is 12.1 Å². The average molecular weight is 218 g/mol. The minimum atomic E-state index is -1.01. The number of benzene rings is 1. The van der Waals surface area contributed by atoms with Crippen molar-refractivity contribution in [2.75, 3.05) is 6.54 Å². The summed E-state index contributed by atoms with van der Waals surface area (Å²) in [6.07, 6.45) is -0.362. The van der Waals surface area contributed by atoms with Gasteiger partial charge in [0.2, 0.25) is 0 Å². The fraction of sp³-hybridized carbons (Fsp3) is 0.333. The van der Waals surface area contributed by atoms with Crippen LogP contribution in [0.25, 0.3) is 0 Å². The van der Waals surface area contributed by atoms with Gasteiger partial charge in [-0.15, -0.1) is 0 Å². The zero-order valence-electron chi connectivity index (χ0n) is 9.37. The molecule has 0 radical (unpaired) electrons. The fourth-order valence-corrected chi connectivity index (χ4v) is 1.75. The summed E-state index contributed by atoms with van der Waals surface area (Å²) in [6, 6.07) is 5.75. The van der Waals surface area contributed by atoms with Gasteiger partial charge in [-0.25, -0.2) is 4.79 Å². The van der Waals surface area contributed by atoms with E-state index in [0.29, 0.717) is 18.5 Å². The van der Waals surface area contributed by atoms with Gasteiger partial charge in [-0.1, -0.05) is 0 Å². The lowest BCUT2D eigenvalue weighted by molar-refractivity contribution is 0.194. The van der Waals surface area contributed by atoms with Gasteiger partial charge in [0.15, 0.2) is 0 Å². The maximum Gasteiger partial charge on any atom is 0.404 e. The van der Waals surface area contributed by atoms with Crippen LogP contribution >= 0.6 is 0 Å². The first kappa shape index (κ1) is 12.1. The standard InChI is InChI=1S/C12H14N2O2/c1-8-5-10(7-13)6-9(2)11(8)3-4-14-12(15)16/h5-6,14H,3-4H2,1-2H3,(H,15,16). The number of aryl methyl sites for hydroxylation is 2. The summed E-state index contributed by atoms with van der Waals surface area (Å²) in [5, 5.41) is 19.6. The SMILES string of the molecule is Cc1cc(C#N)cc(C)c1CCNC(=O)O. The Balaban J connectivity index is 2.81. The quantitative estimate of drug-likeness (QED) is 0.814. The van der Waals surface area contributed by atoms with Crippen LogP contribution in [0.4, 0.5) is 4.79 Å². The van der Waals surface area contributed by atoms with E-state index >= 15 is 0 Å². The Bertz CT molecular complexity index is 424. The summed E-state index contributed by atoms with van der Waals surface area (Å²) in [5.74, 6) is 0. The van der Waals surface area contributed by atoms with Gasteiger partial charge in [-0.3, -0.25) is 0 Å². The molecule has 0 saturated carbocycles. The van der Waals surface area contributed by atoms with Crippen LogP contribution in [0.2, 0.25) is 0 Å². The highest BCUT2D eigenvalue weighted by Gasteiger charge is 2.05. The van der Waals surface area contributed by atoms with E-state index in [9.17, 15) is 4.79 Å². The molecule has 1 aromatic rings. The molecule has 4 heteroatoms. The molecule has 0 heterocycles. The van der Waals surface area contributed by atoms with Crippen molar-refractivity contribution in [2.24, 2.45) is 0 Å². The molecule has 1 rings (SSSR count). The lowest BCUT2D eigenvalue weighted by atomic mass is 9.97. The van der Waals surface area contributed by atoms with Gasteiger partial charge >= 0.3 is 6.09 Å². The van der Waals surface area contributed by atoms with Gasteiger partial charge in [0.05, 0.1) is 11.6 Å². The summed E-state index contributed by atoms with van der Waals surface area (Å²) < 4.78 is 0. The number of rotatable bonds is 3. The van der Waals surface area contributed by atoms with Crippen molar-refractivity contribution in [1.82, 2.24) is 5.32 Å². The maximum absolute atomic E-state index is 10.3. The van der Waals surface area contributed by atoms with Gasteiger partial charge in [0.1, 0.15) is 0 Å². The Morgan fingerprint density at radius 1 is 1.44 bits per heavy atom. The molecule has 0 aromatic heterocycles. The van der Waals surface area contributed by atoms with Crippen LogP contribution in [0.3, 0.4) is 0 Å². The van der Waals surface area contributed by atoms with Crippen molar-refractivity contribution in [3.05, 3.63) is 34.4 Å². The zero-order chi connectivity index (χ0) is 12.1. The molecule has 1 aromatic carbocycles. The summed E-state index contributed by atoms with van der Waals surface area (Å²) in [4.78, 5) is 10.3. The van der Waals surface area contributed by atoms with Gasteiger partial charge in [0.25, 0.3) is 0 Å². The summed E-state index contributed by atoms with van der Waals surface area (Å²) in [6.45, 7) is 4.26. The highest BCUT2D eigenvalue weighted by atomic mass is 16.4. The van der Waals surface area contributed by atoms with E-state index in [0.717, 1.165) is 16.7 Å². The zero-order valence-corrected chi connectivity index (χ0v) is 9.37. The molecule has 0 aliphatic carbocycles. The number of hydrogen-bond acceptors (Lipinski definition) is 2. The third-order valence-electron chi connectivity index (χ3n) is 2.48. The van der Waals surface area contributed by atoms with Crippen LogP contribution < -0.4 is 5.32 Å². The Morgan fingerprint density at radius 3 is 2.44 bits per heavy atom. The van der Waals surface area contributed by atoms with Crippen LogP contribution in [-0.2, 0) is 6.42 Å². The second kappa shape index (κ2) is 5.17. The Morgan fingerprint density at radius 2 is 2.00 bits per heavy atom. The van der Waals surface area contributed by atoms with E-state index in [2.05, 4.69) is 11.4 Å². The summed E-state index contributed by atoms with van der Waals surface area (Å²) in [7, 11) is 0. The summed E-state index contributed by atoms with van der Waals surface area (Å²) >= 11 is 0. The van der Waals surface area contributed by atoms with Crippen molar-refractivity contribution >= 4 is 6.09 Å². The van der Waals surface area contributed by atoms with Crippen LogP contribution in [0.5, 0.6) is 0 Å². The first-order valence-corrected chi connectivity index (χ1v) is 5.01. The molecule has 0 aliphatic heterocycles. The van der Waals surface area contributed by atoms with Gasteiger partial charge in [-0.05, 0) is 49.1 Å². The number of amides is 1. The van der Waals surface area contributed by atoms with Crippen LogP contribution in [0.1, 0.15) is 22.3 Å². The van der Waals surface area contributed by atoms with Gasteiger partial charge < -0.3 is 10.4 Å². The number of nitrogens with zero attached hydrogens (tertiary/aromatic N) is 1. The molecule has 0 atom stereocenters. The van der Waals surface area contributed by atoms with Crippen molar-refractivity contribution in [2.45, 2.75) is 20.3 Å². The van der Waals surface area contributed by atoms with E-state index in [1.165, 1.54) is 0 Å². The van der Waals surface area contributed by atoms with E-state index in [1.54, 1.807) is 0 Å². The Hall–Kier alpha value is -2.02. The second-order valence-electron chi connectivity index (χ2n) is 3.68. The van der Waals surface area contributed by atoms with Crippen molar-refractivity contribution in [3.8, 4) is 6.07 Å². The smallest absolute Gasteiger partial charge is 0.404 e. The molecule has 4 nitrogen and oxygen atoms in total. The number of hydrogen-bond donors (Lipinski definition) is 2. The number of carboxylic acid groups (broad SMARTS) is 1. The topological polar surface area (TPSA) is 73.1 Å². The van der Waals surface area contributed by atoms with Crippen molar-refractivity contribution in [3.63, 3.8) is 0 Å². The third kappa shape index (κ3) is 2.99. The van der Waals surface area contributed by atoms with E-state index < -0.39 is 6.09 Å². The molecule has 0 spiro atoms. The molecular formula is C12H14N2O2. The number of carbonyl (C=O) groups is 1. The third-order valence-corrected chi connectivity index (χ3v) is 2.48. The molecule has 2 N–H and O–H groups in total. The lowest BCUT2D eigenvalue weighted by Crippen LogP contribution is -2.23. The second-order valence-corrected chi connectivity index (χ2v) is 3.68. The maximum atomic E-state index is 10.3. The molecule has 1 amide bonds. The largest absolute Gasteiger partial charge is 0.465 e. The monoisotopic (exact) mass is 218 g/mol. The predicted molar refractivity (Wildman–Crippen MR) is 60.4 cm³/mol. The molecule has 84 valence electrons. The number of nitrogens with one attached hydrogen (secondary N) is 1. The normalized spacial score (nSPS) is 9.56. The lowest BCUT2D eigenvalue weighted by Gasteiger charge is -2.10. The fourth-order valence-electron chi connectivity index (χ4n) is 1.75. The number of nitriles is 1. The van der Waals surface area contributed by atoms with Crippen molar-refractivity contribution < 1.29 is 9.90 Å². The molecule has 0 bridgehead atoms. The van der Waals surface area contributed by atoms with E-state index in [4.69, 9.17) is 10.4 Å². The Kier molecular flexibility index (Phi) is 3.90. The molecular weight excluding hydrogens is 204 g/mol. The van der Waals surface area contributed by atoms with Crippen molar-refractivity contribution in [1.29, 1.82) is 5.26 Å². The molecule has 16 heavy (non-hydrogen) atoms. The van der Waals surface area contributed by atoms with Gasteiger partial charge in [0, 0.05) is 6.54 Å². The minimum Gasteiger partial charge on any atom is -0.465 e.